The van der Waals surface area contributed by atoms with Gasteiger partial charge in [0, 0.05) is 12.8 Å². The first-order valence-corrected chi connectivity index (χ1v) is 5.79. The molecular weight excluding hydrogens is 176 g/mol. The third-order valence-corrected chi connectivity index (χ3v) is 2.53. The normalized spacial score (nSPS) is 22.1. The average molecular weight is 198 g/mol. The van der Waals surface area contributed by atoms with Crippen LogP contribution in [0.3, 0.4) is 0 Å². The van der Waals surface area contributed by atoms with Crippen molar-refractivity contribution in [2.75, 3.05) is 6.61 Å². The summed E-state index contributed by atoms with van der Waals surface area (Å²) in [5, 5.41) is 0. The molecule has 82 valence electrons. The lowest BCUT2D eigenvalue weighted by atomic mass is 10.1. The van der Waals surface area contributed by atoms with Crippen molar-refractivity contribution in [2.45, 2.75) is 58.2 Å². The number of ether oxygens (including phenoxy) is 2. The fourth-order valence-electron chi connectivity index (χ4n) is 1.64. The maximum Gasteiger partial charge on any atom is 0.199 e. The van der Waals surface area contributed by atoms with Crippen molar-refractivity contribution in [3.8, 4) is 0 Å². The van der Waals surface area contributed by atoms with Crippen LogP contribution >= 0.6 is 0 Å². The summed E-state index contributed by atoms with van der Waals surface area (Å²) in [5.41, 5.74) is 0. The van der Waals surface area contributed by atoms with Gasteiger partial charge in [-0.05, 0) is 6.42 Å². The van der Waals surface area contributed by atoms with E-state index in [2.05, 4.69) is 13.5 Å². The smallest absolute Gasteiger partial charge is 0.199 e. The van der Waals surface area contributed by atoms with E-state index in [1.165, 1.54) is 32.1 Å². The Hall–Kier alpha value is -0.500. The molecule has 0 bridgehead atoms. The van der Waals surface area contributed by atoms with E-state index in [-0.39, 0.29) is 6.29 Å². The Balaban J connectivity index is 1.97. The maximum absolute atomic E-state index is 5.48. The quantitative estimate of drug-likeness (QED) is 0.607. The van der Waals surface area contributed by atoms with Gasteiger partial charge in [0.1, 0.15) is 0 Å². The molecule has 0 aromatic heterocycles. The molecule has 0 aromatic carbocycles. The highest BCUT2D eigenvalue weighted by atomic mass is 16.7. The van der Waals surface area contributed by atoms with E-state index in [1.54, 1.807) is 0 Å². The molecule has 1 heterocycles. The average Bonchev–Trinajstić information content (AvgIpc) is 2.18. The van der Waals surface area contributed by atoms with Crippen LogP contribution in [0.15, 0.2) is 12.3 Å². The summed E-state index contributed by atoms with van der Waals surface area (Å²) in [4.78, 5) is 0. The summed E-state index contributed by atoms with van der Waals surface area (Å²) in [7, 11) is 0. The van der Waals surface area contributed by atoms with Gasteiger partial charge < -0.3 is 9.47 Å². The zero-order chi connectivity index (χ0) is 10.2. The van der Waals surface area contributed by atoms with E-state index in [4.69, 9.17) is 9.47 Å². The molecule has 0 spiro atoms. The summed E-state index contributed by atoms with van der Waals surface area (Å²) < 4.78 is 10.9. The van der Waals surface area contributed by atoms with Crippen LogP contribution < -0.4 is 0 Å². The topological polar surface area (TPSA) is 18.5 Å². The van der Waals surface area contributed by atoms with Crippen LogP contribution in [0.2, 0.25) is 0 Å². The zero-order valence-corrected chi connectivity index (χ0v) is 9.26. The first-order chi connectivity index (χ1) is 6.83. The van der Waals surface area contributed by atoms with E-state index < -0.39 is 0 Å². The first-order valence-electron chi connectivity index (χ1n) is 5.79. The summed E-state index contributed by atoms with van der Waals surface area (Å²) in [6.07, 6.45) is 8.34. The Labute approximate surface area is 87.3 Å². The molecule has 14 heavy (non-hydrogen) atoms. The molecule has 0 saturated carbocycles. The molecule has 0 N–H and O–H groups in total. The van der Waals surface area contributed by atoms with Crippen LogP contribution in [-0.4, -0.2) is 12.9 Å². The van der Waals surface area contributed by atoms with Gasteiger partial charge in [0.25, 0.3) is 0 Å². The molecule has 1 rings (SSSR count). The van der Waals surface area contributed by atoms with Crippen LogP contribution in [0.1, 0.15) is 51.9 Å². The predicted molar refractivity (Wildman–Crippen MR) is 58.0 cm³/mol. The standard InChI is InChI=1S/C12H22O2/c1-3-4-5-6-7-8-12-13-10-9-11(2)14-12/h12H,2-10H2,1H3. The van der Waals surface area contributed by atoms with Gasteiger partial charge in [-0.2, -0.15) is 0 Å². The van der Waals surface area contributed by atoms with Gasteiger partial charge in [0.2, 0.25) is 0 Å². The fraction of sp³-hybridized carbons (Fsp3) is 0.833. The highest BCUT2D eigenvalue weighted by Gasteiger charge is 2.15. The van der Waals surface area contributed by atoms with E-state index in [9.17, 15) is 0 Å². The van der Waals surface area contributed by atoms with Crippen molar-refractivity contribution in [1.82, 2.24) is 0 Å². The monoisotopic (exact) mass is 198 g/mol. The number of unbranched alkanes of at least 4 members (excludes halogenated alkanes) is 4. The van der Waals surface area contributed by atoms with Crippen molar-refractivity contribution in [1.29, 1.82) is 0 Å². The van der Waals surface area contributed by atoms with Gasteiger partial charge in [-0.25, -0.2) is 0 Å². The van der Waals surface area contributed by atoms with Crippen LogP contribution in [0.5, 0.6) is 0 Å². The lowest BCUT2D eigenvalue weighted by Crippen LogP contribution is -2.23. The molecule has 1 unspecified atom stereocenters. The lowest BCUT2D eigenvalue weighted by Gasteiger charge is -2.25. The van der Waals surface area contributed by atoms with Crippen molar-refractivity contribution in [3.05, 3.63) is 12.3 Å². The fourth-order valence-corrected chi connectivity index (χ4v) is 1.64. The molecule has 1 atom stereocenters. The van der Waals surface area contributed by atoms with E-state index in [0.717, 1.165) is 25.2 Å². The number of hydrogen-bond donors (Lipinski definition) is 0. The van der Waals surface area contributed by atoms with Gasteiger partial charge in [0.15, 0.2) is 6.29 Å². The van der Waals surface area contributed by atoms with Crippen LogP contribution in [-0.2, 0) is 9.47 Å². The molecular formula is C12H22O2. The van der Waals surface area contributed by atoms with Gasteiger partial charge in [0.05, 0.1) is 12.4 Å². The summed E-state index contributed by atoms with van der Waals surface area (Å²) in [6, 6.07) is 0. The van der Waals surface area contributed by atoms with Gasteiger partial charge in [-0.3, -0.25) is 0 Å². The van der Waals surface area contributed by atoms with Crippen LogP contribution in [0, 0.1) is 0 Å². The second-order valence-electron chi connectivity index (χ2n) is 3.91. The molecule has 0 aliphatic carbocycles. The van der Waals surface area contributed by atoms with Crippen molar-refractivity contribution >= 4 is 0 Å². The minimum absolute atomic E-state index is 0.0159. The molecule has 2 heteroatoms. The highest BCUT2D eigenvalue weighted by molar-refractivity contribution is 4.84. The molecule has 0 amide bonds. The molecule has 0 aromatic rings. The first kappa shape index (κ1) is 11.6. The molecule has 1 saturated heterocycles. The Morgan fingerprint density at radius 2 is 2.07 bits per heavy atom. The largest absolute Gasteiger partial charge is 0.470 e. The second-order valence-corrected chi connectivity index (χ2v) is 3.91. The SMILES string of the molecule is C=C1CCOC(CCCCCCC)O1. The third-order valence-electron chi connectivity index (χ3n) is 2.53. The number of rotatable bonds is 6. The molecule has 1 fully saturated rings. The summed E-state index contributed by atoms with van der Waals surface area (Å²) in [6.45, 7) is 6.83. The van der Waals surface area contributed by atoms with Gasteiger partial charge in [-0.15, -0.1) is 0 Å². The Morgan fingerprint density at radius 1 is 1.29 bits per heavy atom. The van der Waals surface area contributed by atoms with E-state index in [1.807, 2.05) is 0 Å². The van der Waals surface area contributed by atoms with Gasteiger partial charge in [-0.1, -0.05) is 39.2 Å². The highest BCUT2D eigenvalue weighted by Crippen LogP contribution is 2.18. The molecule has 2 nitrogen and oxygen atoms in total. The molecule has 1 aliphatic rings. The van der Waals surface area contributed by atoms with E-state index >= 15 is 0 Å². The minimum atomic E-state index is -0.0159. The van der Waals surface area contributed by atoms with Crippen molar-refractivity contribution < 1.29 is 9.47 Å². The van der Waals surface area contributed by atoms with Crippen molar-refractivity contribution in [2.24, 2.45) is 0 Å². The van der Waals surface area contributed by atoms with Gasteiger partial charge >= 0.3 is 0 Å². The Kier molecular flexibility index (Phi) is 5.69. The lowest BCUT2D eigenvalue weighted by molar-refractivity contribution is -0.150. The van der Waals surface area contributed by atoms with Crippen LogP contribution in [0.25, 0.3) is 0 Å². The maximum atomic E-state index is 5.48. The number of hydrogen-bond acceptors (Lipinski definition) is 2. The third kappa shape index (κ3) is 4.66. The second kappa shape index (κ2) is 6.88. The Bertz CT molecular complexity index is 166. The zero-order valence-electron chi connectivity index (χ0n) is 9.26. The summed E-state index contributed by atoms with van der Waals surface area (Å²) >= 11 is 0. The van der Waals surface area contributed by atoms with Crippen LogP contribution in [0.4, 0.5) is 0 Å². The predicted octanol–water partition coefficient (Wildman–Crippen LogP) is 3.62. The summed E-state index contributed by atoms with van der Waals surface area (Å²) in [5.74, 6) is 0.884. The minimum Gasteiger partial charge on any atom is -0.470 e. The van der Waals surface area contributed by atoms with E-state index in [0.29, 0.717) is 0 Å². The molecule has 1 aliphatic heterocycles. The molecule has 0 radical (unpaired) electrons. The Morgan fingerprint density at radius 3 is 2.79 bits per heavy atom. The van der Waals surface area contributed by atoms with Crippen molar-refractivity contribution in [3.63, 3.8) is 0 Å².